The van der Waals surface area contributed by atoms with Crippen LogP contribution in [0.2, 0.25) is 13.1 Å². The molecule has 1 heterocycles. The van der Waals surface area contributed by atoms with Crippen molar-refractivity contribution in [3.63, 3.8) is 0 Å². The van der Waals surface area contributed by atoms with Gasteiger partial charge in [-0.2, -0.15) is 5.10 Å². The van der Waals surface area contributed by atoms with Gasteiger partial charge in [0.15, 0.2) is 0 Å². The van der Waals surface area contributed by atoms with Gasteiger partial charge in [0.25, 0.3) is 0 Å². The third-order valence-electron chi connectivity index (χ3n) is 5.23. The van der Waals surface area contributed by atoms with Crippen LogP contribution in [0.15, 0.2) is 91.0 Å². The fourth-order valence-electron chi connectivity index (χ4n) is 3.89. The highest BCUT2D eigenvalue weighted by molar-refractivity contribution is 7.01. The maximum Gasteiger partial charge on any atom is 0.117 e. The van der Waals surface area contributed by atoms with Crippen LogP contribution in [0.5, 0.6) is 0 Å². The van der Waals surface area contributed by atoms with Crippen LogP contribution in [0.4, 0.5) is 0 Å². The summed E-state index contributed by atoms with van der Waals surface area (Å²) in [5.41, 5.74) is 4.66. The van der Waals surface area contributed by atoms with Crippen LogP contribution in [-0.4, -0.2) is 17.9 Å². The number of hydrogen-bond acceptors (Lipinski definition) is 1. The van der Waals surface area contributed by atoms with Crippen LogP contribution in [0, 0.1) is 6.92 Å². The number of benzene rings is 3. The highest BCUT2D eigenvalue weighted by atomic mass is 28.3. The van der Waals surface area contributed by atoms with Gasteiger partial charge in [-0.25, -0.2) is 4.68 Å². The molecule has 0 saturated carbocycles. The molecule has 1 aromatic heterocycles. The summed E-state index contributed by atoms with van der Waals surface area (Å²) in [6.45, 7) is 7.00. The highest BCUT2D eigenvalue weighted by Gasteiger charge is 2.34. The van der Waals surface area contributed by atoms with E-state index in [1.54, 1.807) is 0 Å². The van der Waals surface area contributed by atoms with Crippen LogP contribution in [0.1, 0.15) is 5.69 Å². The molecule has 0 bridgehead atoms. The van der Waals surface area contributed by atoms with Crippen molar-refractivity contribution in [2.75, 3.05) is 0 Å². The van der Waals surface area contributed by atoms with Crippen molar-refractivity contribution < 1.29 is 0 Å². The van der Waals surface area contributed by atoms with Gasteiger partial charge in [0.05, 0.1) is 17.1 Å². The van der Waals surface area contributed by atoms with E-state index in [1.807, 2.05) is 6.07 Å². The van der Waals surface area contributed by atoms with Crippen molar-refractivity contribution in [1.82, 2.24) is 9.78 Å². The number of hydrogen-bond donors (Lipinski definition) is 0. The Morgan fingerprint density at radius 3 is 1.81 bits per heavy atom. The molecule has 0 amide bonds. The summed E-state index contributed by atoms with van der Waals surface area (Å²) < 4.78 is 2.12. The van der Waals surface area contributed by atoms with E-state index in [0.29, 0.717) is 0 Å². The SMILES string of the molecule is Cc1nn(-c2ccccc2)c(-c2ccccc2)c1[Si](C)(C)c1ccccc1. The van der Waals surface area contributed by atoms with E-state index in [-0.39, 0.29) is 0 Å². The van der Waals surface area contributed by atoms with Gasteiger partial charge in [0.1, 0.15) is 8.07 Å². The minimum absolute atomic E-state index is 1.10. The smallest absolute Gasteiger partial charge is 0.117 e. The van der Waals surface area contributed by atoms with Crippen molar-refractivity contribution in [1.29, 1.82) is 0 Å². The van der Waals surface area contributed by atoms with Crippen molar-refractivity contribution in [3.8, 4) is 16.9 Å². The summed E-state index contributed by atoms with van der Waals surface area (Å²) in [6.07, 6.45) is 0. The lowest BCUT2D eigenvalue weighted by atomic mass is 10.1. The monoisotopic (exact) mass is 368 g/mol. The topological polar surface area (TPSA) is 17.8 Å². The number of aryl methyl sites for hydroxylation is 1. The molecular weight excluding hydrogens is 344 g/mol. The highest BCUT2D eigenvalue weighted by Crippen LogP contribution is 2.25. The van der Waals surface area contributed by atoms with Crippen LogP contribution in [0.25, 0.3) is 16.9 Å². The molecule has 4 rings (SSSR count). The number of nitrogens with zero attached hydrogens (tertiary/aromatic N) is 2. The molecule has 3 heteroatoms. The Hall–Kier alpha value is -2.91. The van der Waals surface area contributed by atoms with E-state index < -0.39 is 8.07 Å². The quantitative estimate of drug-likeness (QED) is 0.479. The van der Waals surface area contributed by atoms with Crippen molar-refractivity contribution in [2.45, 2.75) is 20.0 Å². The van der Waals surface area contributed by atoms with E-state index >= 15 is 0 Å². The predicted molar refractivity (Wildman–Crippen MR) is 117 cm³/mol. The Labute approximate surface area is 162 Å². The van der Waals surface area contributed by atoms with Crippen LogP contribution < -0.4 is 10.4 Å². The second kappa shape index (κ2) is 7.01. The Bertz CT molecular complexity index is 1040. The zero-order valence-electron chi connectivity index (χ0n) is 16.1. The molecule has 0 radical (unpaired) electrons. The minimum atomic E-state index is -1.92. The Kier molecular flexibility index (Phi) is 4.54. The normalized spacial score (nSPS) is 11.5. The van der Waals surface area contributed by atoms with Crippen LogP contribution >= 0.6 is 0 Å². The second-order valence-electron chi connectivity index (χ2n) is 7.41. The molecule has 0 unspecified atom stereocenters. The molecule has 0 atom stereocenters. The molecule has 0 fully saturated rings. The second-order valence-corrected chi connectivity index (χ2v) is 11.7. The lowest BCUT2D eigenvalue weighted by Crippen LogP contribution is -2.54. The molecule has 0 N–H and O–H groups in total. The first-order valence-electron chi connectivity index (χ1n) is 9.35. The molecule has 4 aromatic rings. The first-order valence-corrected chi connectivity index (χ1v) is 12.4. The van der Waals surface area contributed by atoms with Crippen LogP contribution in [-0.2, 0) is 0 Å². The largest absolute Gasteiger partial charge is 0.233 e. The molecule has 27 heavy (non-hydrogen) atoms. The predicted octanol–water partition coefficient (Wildman–Crippen LogP) is 4.67. The maximum absolute atomic E-state index is 5.00. The third kappa shape index (κ3) is 3.15. The van der Waals surface area contributed by atoms with Gasteiger partial charge in [0, 0.05) is 5.56 Å². The van der Waals surface area contributed by atoms with E-state index in [1.165, 1.54) is 21.6 Å². The van der Waals surface area contributed by atoms with Crippen molar-refractivity contribution >= 4 is 18.4 Å². The molecule has 0 spiro atoms. The molecule has 0 aliphatic rings. The van der Waals surface area contributed by atoms with E-state index in [0.717, 1.165) is 11.4 Å². The van der Waals surface area contributed by atoms with E-state index in [4.69, 9.17) is 5.10 Å². The molecule has 0 aliphatic heterocycles. The first-order chi connectivity index (χ1) is 13.1. The van der Waals surface area contributed by atoms with Gasteiger partial charge in [-0.1, -0.05) is 97.1 Å². The molecule has 134 valence electrons. The number of rotatable bonds is 4. The molecule has 2 nitrogen and oxygen atoms in total. The van der Waals surface area contributed by atoms with Gasteiger partial charge in [-0.15, -0.1) is 0 Å². The summed E-state index contributed by atoms with van der Waals surface area (Å²) >= 11 is 0. The standard InChI is InChI=1S/C24H24N2Si/c1-19-24(27(2,3)22-17-11-6-12-18-22)23(20-13-7-4-8-14-20)26(25-19)21-15-9-5-10-16-21/h4-18H,1-3H3. The Balaban J connectivity index is 2.02. The van der Waals surface area contributed by atoms with E-state index in [9.17, 15) is 0 Å². The maximum atomic E-state index is 5.00. The Morgan fingerprint density at radius 2 is 1.22 bits per heavy atom. The van der Waals surface area contributed by atoms with Gasteiger partial charge in [-0.05, 0) is 24.2 Å². The number of aromatic nitrogens is 2. The summed E-state index contributed by atoms with van der Waals surface area (Å²) in [4.78, 5) is 0. The van der Waals surface area contributed by atoms with Crippen molar-refractivity contribution in [2.24, 2.45) is 0 Å². The number of para-hydroxylation sites is 1. The van der Waals surface area contributed by atoms with Gasteiger partial charge in [0.2, 0.25) is 0 Å². The summed E-state index contributed by atoms with van der Waals surface area (Å²) in [7, 11) is -1.92. The lowest BCUT2D eigenvalue weighted by Gasteiger charge is -2.25. The summed E-state index contributed by atoms with van der Waals surface area (Å²) in [6, 6.07) is 32.0. The fraction of sp³-hybridized carbons (Fsp3) is 0.125. The molecular formula is C24H24N2Si. The van der Waals surface area contributed by atoms with Gasteiger partial charge >= 0.3 is 0 Å². The zero-order valence-corrected chi connectivity index (χ0v) is 17.1. The molecule has 3 aromatic carbocycles. The minimum Gasteiger partial charge on any atom is -0.233 e. The molecule has 0 saturated heterocycles. The fourth-order valence-corrected chi connectivity index (χ4v) is 7.00. The first kappa shape index (κ1) is 17.5. The molecule has 0 aliphatic carbocycles. The summed E-state index contributed by atoms with van der Waals surface area (Å²) in [5.74, 6) is 0. The average Bonchev–Trinajstić information content (AvgIpc) is 3.08. The van der Waals surface area contributed by atoms with E-state index in [2.05, 4.69) is 110 Å². The average molecular weight is 369 g/mol. The third-order valence-corrected chi connectivity index (χ3v) is 8.85. The Morgan fingerprint density at radius 1 is 0.704 bits per heavy atom. The van der Waals surface area contributed by atoms with Crippen molar-refractivity contribution in [3.05, 3.63) is 96.7 Å². The summed E-state index contributed by atoms with van der Waals surface area (Å²) in [5, 5.41) is 7.84. The van der Waals surface area contributed by atoms with Gasteiger partial charge < -0.3 is 0 Å². The zero-order chi connectivity index (χ0) is 18.9. The lowest BCUT2D eigenvalue weighted by molar-refractivity contribution is 0.869. The van der Waals surface area contributed by atoms with Crippen LogP contribution in [0.3, 0.4) is 0 Å². The van der Waals surface area contributed by atoms with Gasteiger partial charge in [-0.3, -0.25) is 0 Å².